The van der Waals surface area contributed by atoms with Crippen LogP contribution in [0.2, 0.25) is 0 Å². The second-order valence-corrected chi connectivity index (χ2v) is 9.12. The number of anilines is 1. The van der Waals surface area contributed by atoms with Crippen LogP contribution in [0.4, 0.5) is 10.6 Å². The van der Waals surface area contributed by atoms with Crippen LogP contribution in [0.25, 0.3) is 10.1 Å². The van der Waals surface area contributed by atoms with E-state index in [1.165, 1.54) is 10.1 Å². The van der Waals surface area contributed by atoms with Crippen molar-refractivity contribution >= 4 is 39.2 Å². The lowest BCUT2D eigenvalue weighted by Gasteiger charge is -2.36. The first-order chi connectivity index (χ1) is 13.8. The molecule has 1 saturated heterocycles. The minimum Gasteiger partial charge on any atom is -0.444 e. The smallest absolute Gasteiger partial charge is 0.407 e. The number of hydrogen-bond donors (Lipinski definition) is 1. The summed E-state index contributed by atoms with van der Waals surface area (Å²) in [5.74, 6) is 1.08. The molecule has 1 aliphatic heterocycles. The molecular weight excluding hydrogens is 388 g/mol. The Morgan fingerprint density at radius 1 is 1.24 bits per heavy atom. The Bertz CT molecular complexity index is 866. The molecule has 8 heteroatoms. The molecule has 2 aromatic rings. The zero-order valence-corrected chi connectivity index (χ0v) is 18.5. The van der Waals surface area contributed by atoms with Crippen LogP contribution in [0.15, 0.2) is 17.5 Å². The third-order valence-corrected chi connectivity index (χ3v) is 5.65. The maximum atomic E-state index is 12.5. The predicted octanol–water partition coefficient (Wildman–Crippen LogP) is 3.42. The first kappa shape index (κ1) is 21.4. The number of pyridine rings is 1. The first-order valence-corrected chi connectivity index (χ1v) is 11.0. The van der Waals surface area contributed by atoms with E-state index >= 15 is 0 Å². The molecule has 1 N–H and O–H groups in total. The van der Waals surface area contributed by atoms with Gasteiger partial charge in [-0.05, 0) is 44.7 Å². The van der Waals surface area contributed by atoms with Crippen LogP contribution in [0.1, 0.15) is 39.8 Å². The lowest BCUT2D eigenvalue weighted by Crippen LogP contribution is -2.49. The molecule has 1 fully saturated rings. The predicted molar refractivity (Wildman–Crippen MR) is 117 cm³/mol. The number of carbonyl (C=O) groups is 2. The van der Waals surface area contributed by atoms with E-state index in [0.29, 0.717) is 13.1 Å². The molecule has 158 valence electrons. The van der Waals surface area contributed by atoms with Crippen LogP contribution in [0, 0.1) is 0 Å². The Hall–Kier alpha value is -2.35. The second kappa shape index (κ2) is 8.98. The van der Waals surface area contributed by atoms with Crippen LogP contribution in [-0.4, -0.2) is 60.2 Å². The van der Waals surface area contributed by atoms with E-state index in [2.05, 4.69) is 34.7 Å². The fourth-order valence-electron chi connectivity index (χ4n) is 3.33. The lowest BCUT2D eigenvalue weighted by atomic mass is 10.2. The highest BCUT2D eigenvalue weighted by atomic mass is 32.1. The van der Waals surface area contributed by atoms with Gasteiger partial charge in [0.05, 0.1) is 0 Å². The Morgan fingerprint density at radius 3 is 2.62 bits per heavy atom. The van der Waals surface area contributed by atoms with Gasteiger partial charge in [-0.1, -0.05) is 6.92 Å². The van der Waals surface area contributed by atoms with Crippen molar-refractivity contribution in [2.24, 2.45) is 0 Å². The Morgan fingerprint density at radius 2 is 1.97 bits per heavy atom. The molecule has 0 saturated carbocycles. The number of piperazine rings is 1. The molecule has 0 atom stereocenters. The van der Waals surface area contributed by atoms with Crippen molar-refractivity contribution in [3.8, 4) is 0 Å². The lowest BCUT2D eigenvalue weighted by molar-refractivity contribution is -0.131. The van der Waals surface area contributed by atoms with Gasteiger partial charge in [0, 0.05) is 54.9 Å². The van der Waals surface area contributed by atoms with Gasteiger partial charge < -0.3 is 19.9 Å². The number of aromatic nitrogens is 1. The number of amides is 2. The maximum Gasteiger partial charge on any atom is 0.407 e. The summed E-state index contributed by atoms with van der Waals surface area (Å²) < 4.78 is 6.45. The van der Waals surface area contributed by atoms with Gasteiger partial charge in [-0.25, -0.2) is 9.78 Å². The third kappa shape index (κ3) is 5.59. The van der Waals surface area contributed by atoms with Crippen molar-refractivity contribution in [3.63, 3.8) is 0 Å². The van der Waals surface area contributed by atoms with Crippen LogP contribution in [0.5, 0.6) is 0 Å². The summed E-state index contributed by atoms with van der Waals surface area (Å²) in [6.45, 7) is 10.7. The minimum atomic E-state index is -0.540. The average Bonchev–Trinajstić information content (AvgIpc) is 3.14. The van der Waals surface area contributed by atoms with Gasteiger partial charge in [-0.15, -0.1) is 11.3 Å². The normalized spacial score (nSPS) is 14.9. The Kier molecular flexibility index (Phi) is 6.62. The van der Waals surface area contributed by atoms with E-state index in [1.807, 2.05) is 25.7 Å². The van der Waals surface area contributed by atoms with E-state index in [1.54, 1.807) is 11.3 Å². The van der Waals surface area contributed by atoms with Crippen LogP contribution in [-0.2, 0) is 16.0 Å². The van der Waals surface area contributed by atoms with Crippen molar-refractivity contribution in [2.45, 2.75) is 46.1 Å². The van der Waals surface area contributed by atoms with Crippen molar-refractivity contribution in [1.29, 1.82) is 0 Å². The third-order valence-electron chi connectivity index (χ3n) is 4.78. The number of fused-ring (bicyclic) bond motifs is 1. The highest BCUT2D eigenvalue weighted by Gasteiger charge is 2.24. The topological polar surface area (TPSA) is 74.8 Å². The molecule has 0 unspecified atom stereocenters. The van der Waals surface area contributed by atoms with Gasteiger partial charge in [0.1, 0.15) is 11.4 Å². The zero-order valence-electron chi connectivity index (χ0n) is 17.7. The molecular formula is C21H30N4O3S. The van der Waals surface area contributed by atoms with Crippen LogP contribution >= 0.6 is 11.3 Å². The quantitative estimate of drug-likeness (QED) is 0.805. The summed E-state index contributed by atoms with van der Waals surface area (Å²) in [6, 6.07) is 4.29. The summed E-state index contributed by atoms with van der Waals surface area (Å²) in [4.78, 5) is 33.2. The number of rotatable bonds is 5. The molecule has 0 radical (unpaired) electrons. The van der Waals surface area contributed by atoms with E-state index in [-0.39, 0.29) is 18.9 Å². The van der Waals surface area contributed by atoms with Crippen LogP contribution < -0.4 is 10.2 Å². The largest absolute Gasteiger partial charge is 0.444 e. The standard InChI is InChI=1S/C21H30N4O3S/c1-5-15-14-17-16(7-13-29-17)19(23-15)25-11-9-24(10-12-25)18(26)6-8-22-20(27)28-21(2,3)4/h7,13-14H,5-6,8-12H2,1-4H3,(H,22,27). The number of nitrogens with zero attached hydrogens (tertiary/aromatic N) is 3. The monoisotopic (exact) mass is 418 g/mol. The molecule has 2 amide bonds. The van der Waals surface area contributed by atoms with E-state index in [4.69, 9.17) is 9.72 Å². The highest BCUT2D eigenvalue weighted by Crippen LogP contribution is 2.30. The van der Waals surface area contributed by atoms with E-state index < -0.39 is 11.7 Å². The van der Waals surface area contributed by atoms with Crippen LogP contribution in [0.3, 0.4) is 0 Å². The van der Waals surface area contributed by atoms with Gasteiger partial charge in [0.25, 0.3) is 0 Å². The number of alkyl carbamates (subject to hydrolysis) is 1. The highest BCUT2D eigenvalue weighted by molar-refractivity contribution is 7.17. The molecule has 2 aromatic heterocycles. The van der Waals surface area contributed by atoms with Gasteiger partial charge >= 0.3 is 6.09 Å². The molecule has 3 rings (SSSR count). The fraction of sp³-hybridized carbons (Fsp3) is 0.571. The van der Waals surface area contributed by atoms with Gasteiger partial charge in [0.15, 0.2) is 0 Å². The number of carbonyl (C=O) groups excluding carboxylic acids is 2. The molecule has 0 spiro atoms. The van der Waals surface area contributed by atoms with Gasteiger partial charge in [-0.3, -0.25) is 4.79 Å². The Balaban J connectivity index is 1.51. The SMILES string of the molecule is CCc1cc2sccc2c(N2CCN(C(=O)CCNC(=O)OC(C)(C)C)CC2)n1. The molecule has 3 heterocycles. The number of aryl methyl sites for hydroxylation is 1. The van der Waals surface area contributed by atoms with E-state index in [0.717, 1.165) is 31.0 Å². The zero-order chi connectivity index (χ0) is 21.0. The Labute approximate surface area is 176 Å². The van der Waals surface area contributed by atoms with Crippen molar-refractivity contribution < 1.29 is 14.3 Å². The molecule has 1 aliphatic rings. The molecule has 0 aliphatic carbocycles. The number of ether oxygens (including phenoxy) is 1. The van der Waals surface area contributed by atoms with Crippen molar-refractivity contribution in [2.75, 3.05) is 37.6 Å². The summed E-state index contributed by atoms with van der Waals surface area (Å²) >= 11 is 1.74. The summed E-state index contributed by atoms with van der Waals surface area (Å²) in [5.41, 5.74) is 0.559. The van der Waals surface area contributed by atoms with E-state index in [9.17, 15) is 9.59 Å². The van der Waals surface area contributed by atoms with Crippen molar-refractivity contribution in [1.82, 2.24) is 15.2 Å². The first-order valence-electron chi connectivity index (χ1n) is 10.1. The summed E-state index contributed by atoms with van der Waals surface area (Å²) in [7, 11) is 0. The fourth-order valence-corrected chi connectivity index (χ4v) is 4.17. The molecule has 7 nitrogen and oxygen atoms in total. The number of hydrogen-bond acceptors (Lipinski definition) is 6. The summed E-state index contributed by atoms with van der Waals surface area (Å²) in [6.07, 6.45) is 0.693. The molecule has 29 heavy (non-hydrogen) atoms. The second-order valence-electron chi connectivity index (χ2n) is 8.17. The van der Waals surface area contributed by atoms with Crippen molar-refractivity contribution in [3.05, 3.63) is 23.2 Å². The van der Waals surface area contributed by atoms with Gasteiger partial charge in [0.2, 0.25) is 5.91 Å². The maximum absolute atomic E-state index is 12.5. The molecule has 0 bridgehead atoms. The number of thiophene rings is 1. The van der Waals surface area contributed by atoms with Gasteiger partial charge in [-0.2, -0.15) is 0 Å². The summed E-state index contributed by atoms with van der Waals surface area (Å²) in [5, 5.41) is 5.94. The molecule has 0 aromatic carbocycles. The minimum absolute atomic E-state index is 0.0525. The average molecular weight is 419 g/mol. The number of nitrogens with one attached hydrogen (secondary N) is 1.